The zero-order chi connectivity index (χ0) is 24.5. The Morgan fingerprint density at radius 1 is 1.03 bits per heavy atom. The van der Waals surface area contributed by atoms with Crippen molar-refractivity contribution >= 4 is 39.7 Å². The van der Waals surface area contributed by atoms with E-state index in [1.165, 1.54) is 48.3 Å². The second-order valence-electron chi connectivity index (χ2n) is 11.5. The average Bonchev–Trinajstić information content (AvgIpc) is 3.25. The summed E-state index contributed by atoms with van der Waals surface area (Å²) in [6, 6.07) is 14.4. The van der Waals surface area contributed by atoms with Gasteiger partial charge in [-0.15, -0.1) is 11.3 Å². The summed E-state index contributed by atoms with van der Waals surface area (Å²) < 4.78 is 0. The molecule has 1 amide bonds. The van der Waals surface area contributed by atoms with E-state index in [-0.39, 0.29) is 11.3 Å². The van der Waals surface area contributed by atoms with E-state index < -0.39 is 0 Å². The number of aryl methyl sites for hydroxylation is 1. The fourth-order valence-corrected chi connectivity index (χ4v) is 8.30. The number of carbonyl (C=O) groups excluding carboxylic acids is 1. The third kappa shape index (κ3) is 5.30. The van der Waals surface area contributed by atoms with Gasteiger partial charge in [-0.05, 0) is 118 Å². The highest BCUT2D eigenvalue weighted by Gasteiger charge is 2.51. The smallest absolute Gasteiger partial charge is 0.224 e. The molecule has 0 atom stereocenters. The Morgan fingerprint density at radius 3 is 2.53 bits per heavy atom. The molecule has 6 heteroatoms. The Hall–Kier alpha value is -2.44. The molecule has 0 spiro atoms. The zero-order valence-corrected chi connectivity index (χ0v) is 22.0. The molecule has 2 aromatic heterocycles. The van der Waals surface area contributed by atoms with E-state index in [9.17, 15) is 4.79 Å². The number of nitrogens with one attached hydrogen (secondary N) is 3. The van der Waals surface area contributed by atoms with Crippen LogP contribution >= 0.6 is 11.3 Å². The van der Waals surface area contributed by atoms with E-state index >= 15 is 0 Å². The monoisotopic (exact) mass is 501 g/mol. The summed E-state index contributed by atoms with van der Waals surface area (Å²) in [5, 5.41) is 11.1. The quantitative estimate of drug-likeness (QED) is 0.269. The lowest BCUT2D eigenvalue weighted by atomic mass is 9.49. The second kappa shape index (κ2) is 10.1. The van der Waals surface area contributed by atoms with Gasteiger partial charge in [0.2, 0.25) is 5.91 Å². The molecular weight excluding hydrogens is 464 g/mol. The van der Waals surface area contributed by atoms with Crippen molar-refractivity contribution < 1.29 is 4.79 Å². The van der Waals surface area contributed by atoms with Gasteiger partial charge < -0.3 is 16.0 Å². The molecule has 7 rings (SSSR count). The number of carbonyl (C=O) groups is 1. The molecule has 4 aliphatic carbocycles. The van der Waals surface area contributed by atoms with Gasteiger partial charge in [0.25, 0.3) is 0 Å². The van der Waals surface area contributed by atoms with Gasteiger partial charge in [-0.3, -0.25) is 4.79 Å². The van der Waals surface area contributed by atoms with Crippen LogP contribution in [0.2, 0.25) is 0 Å². The zero-order valence-electron chi connectivity index (χ0n) is 21.2. The number of thiophene rings is 1. The van der Waals surface area contributed by atoms with Crippen LogP contribution in [0.1, 0.15) is 61.1 Å². The Bertz CT molecular complexity index is 1200. The van der Waals surface area contributed by atoms with Crippen LogP contribution in [0.4, 0.5) is 11.5 Å². The summed E-state index contributed by atoms with van der Waals surface area (Å²) in [4.78, 5) is 20.6. The minimum Gasteiger partial charge on any atom is -0.370 e. The van der Waals surface area contributed by atoms with Gasteiger partial charge in [-0.2, -0.15) is 0 Å². The predicted octanol–water partition coefficient (Wildman–Crippen LogP) is 6.75. The molecule has 36 heavy (non-hydrogen) atoms. The third-order valence-electron chi connectivity index (χ3n) is 8.52. The van der Waals surface area contributed by atoms with E-state index in [1.54, 1.807) is 11.3 Å². The number of pyridine rings is 1. The SMILES string of the molecule is Cc1ccc([CH]NCCCNc2ccc3c(NC(=O)CC45CC6CC(CC(C6)C4)C5)cccc3n2)s1. The van der Waals surface area contributed by atoms with Gasteiger partial charge in [0, 0.05) is 28.1 Å². The molecule has 3 N–H and O–H groups in total. The first-order chi connectivity index (χ1) is 17.5. The van der Waals surface area contributed by atoms with Crippen LogP contribution in [0, 0.1) is 36.6 Å². The van der Waals surface area contributed by atoms with E-state index in [1.807, 2.05) is 24.3 Å². The van der Waals surface area contributed by atoms with Crippen LogP contribution in [0.15, 0.2) is 42.5 Å². The molecule has 0 aliphatic heterocycles. The molecule has 4 aliphatic rings. The van der Waals surface area contributed by atoms with Gasteiger partial charge in [-0.25, -0.2) is 4.98 Å². The normalized spacial score (nSPS) is 26.4. The molecule has 0 unspecified atom stereocenters. The first-order valence-corrected chi connectivity index (χ1v) is 14.4. The van der Waals surface area contributed by atoms with Gasteiger partial charge >= 0.3 is 0 Å². The Kier molecular flexibility index (Phi) is 6.74. The lowest BCUT2D eigenvalue weighted by molar-refractivity contribution is -0.124. The first-order valence-electron chi connectivity index (χ1n) is 13.6. The van der Waals surface area contributed by atoms with Crippen molar-refractivity contribution in [1.29, 1.82) is 0 Å². The van der Waals surface area contributed by atoms with E-state index in [4.69, 9.17) is 4.98 Å². The van der Waals surface area contributed by atoms with Gasteiger partial charge in [-0.1, -0.05) is 6.07 Å². The average molecular weight is 502 g/mol. The molecule has 2 heterocycles. The molecule has 5 nitrogen and oxygen atoms in total. The second-order valence-corrected chi connectivity index (χ2v) is 12.9. The van der Waals surface area contributed by atoms with Crippen molar-refractivity contribution in [1.82, 2.24) is 10.3 Å². The molecule has 4 saturated carbocycles. The minimum absolute atomic E-state index is 0.175. The van der Waals surface area contributed by atoms with Crippen molar-refractivity contribution in [2.24, 2.45) is 23.2 Å². The minimum atomic E-state index is 0.175. The van der Waals surface area contributed by atoms with Crippen molar-refractivity contribution in [3.8, 4) is 0 Å². The maximum absolute atomic E-state index is 13.2. The molecular formula is C30H37N4OS. The number of amides is 1. The highest BCUT2D eigenvalue weighted by molar-refractivity contribution is 7.12. The molecule has 1 aromatic carbocycles. The van der Waals surface area contributed by atoms with Crippen LogP contribution in [0.3, 0.4) is 0 Å². The van der Waals surface area contributed by atoms with Crippen LogP contribution in [-0.2, 0) is 4.79 Å². The number of anilines is 2. The Balaban J connectivity index is 1.02. The summed E-state index contributed by atoms with van der Waals surface area (Å²) in [6.07, 6.45) is 9.71. The summed E-state index contributed by atoms with van der Waals surface area (Å²) in [5.41, 5.74) is 2.05. The fourth-order valence-electron chi connectivity index (χ4n) is 7.51. The van der Waals surface area contributed by atoms with E-state index in [2.05, 4.69) is 47.6 Å². The molecule has 189 valence electrons. The van der Waals surface area contributed by atoms with E-state index in [0.29, 0.717) is 6.42 Å². The highest BCUT2D eigenvalue weighted by Crippen LogP contribution is 2.61. The molecule has 3 aromatic rings. The van der Waals surface area contributed by atoms with Crippen molar-refractivity contribution in [3.63, 3.8) is 0 Å². The van der Waals surface area contributed by atoms with Crippen molar-refractivity contribution in [2.75, 3.05) is 23.7 Å². The first kappa shape index (κ1) is 23.9. The number of hydrogen-bond acceptors (Lipinski definition) is 5. The lowest BCUT2D eigenvalue weighted by Crippen LogP contribution is -2.47. The molecule has 1 radical (unpaired) electrons. The van der Waals surface area contributed by atoms with Gasteiger partial charge in [0.1, 0.15) is 5.82 Å². The summed E-state index contributed by atoms with van der Waals surface area (Å²) in [7, 11) is 0. The topological polar surface area (TPSA) is 66.0 Å². The fraction of sp³-hybridized carbons (Fsp3) is 0.500. The van der Waals surface area contributed by atoms with Crippen LogP contribution in [0.5, 0.6) is 0 Å². The number of hydrogen-bond donors (Lipinski definition) is 3. The van der Waals surface area contributed by atoms with E-state index in [0.717, 1.165) is 59.7 Å². The maximum atomic E-state index is 13.2. The number of benzene rings is 1. The van der Waals surface area contributed by atoms with Crippen LogP contribution < -0.4 is 16.0 Å². The van der Waals surface area contributed by atoms with Gasteiger partial charge in [0.05, 0.1) is 17.7 Å². The highest BCUT2D eigenvalue weighted by atomic mass is 32.1. The lowest BCUT2D eigenvalue weighted by Gasteiger charge is -2.56. The molecule has 0 saturated heterocycles. The van der Waals surface area contributed by atoms with Crippen molar-refractivity contribution in [2.45, 2.75) is 58.3 Å². The number of rotatable bonds is 10. The Labute approximate surface area is 218 Å². The number of aromatic nitrogens is 1. The van der Waals surface area contributed by atoms with Crippen LogP contribution in [0.25, 0.3) is 10.9 Å². The third-order valence-corrected chi connectivity index (χ3v) is 9.46. The Morgan fingerprint density at radius 2 is 1.81 bits per heavy atom. The molecule has 4 fully saturated rings. The van der Waals surface area contributed by atoms with Gasteiger partial charge in [0.15, 0.2) is 0 Å². The summed E-state index contributed by atoms with van der Waals surface area (Å²) in [6.45, 7) is 5.98. The largest absolute Gasteiger partial charge is 0.370 e. The summed E-state index contributed by atoms with van der Waals surface area (Å²) in [5.74, 6) is 3.66. The summed E-state index contributed by atoms with van der Waals surface area (Å²) >= 11 is 1.80. The maximum Gasteiger partial charge on any atom is 0.224 e. The number of fused-ring (bicyclic) bond motifs is 1. The number of nitrogens with zero attached hydrogens (tertiary/aromatic N) is 1. The van der Waals surface area contributed by atoms with Crippen molar-refractivity contribution in [3.05, 3.63) is 58.8 Å². The molecule has 4 bridgehead atoms. The standard InChI is InChI=1S/C30H37N4OS/c1-20-6-7-24(36-20)19-31-10-3-11-32-28-9-8-25-26(33-28)4-2-5-27(25)34-29(35)18-30-15-21-12-22(16-30)14-23(13-21)17-30/h2,4-9,19,21-23,31H,3,10-18H2,1H3,(H,32,33)(H,34,35). The van der Waals surface area contributed by atoms with Crippen LogP contribution in [-0.4, -0.2) is 24.0 Å². The predicted molar refractivity (Wildman–Crippen MR) is 149 cm³/mol.